The molecule has 1 unspecified atom stereocenters. The Kier molecular flexibility index (Phi) is 3.30. The Labute approximate surface area is 87.1 Å². The van der Waals surface area contributed by atoms with E-state index in [1.165, 1.54) is 4.90 Å². The van der Waals surface area contributed by atoms with E-state index in [0.717, 1.165) is 0 Å². The first-order valence-electron chi connectivity index (χ1n) is 4.10. The van der Waals surface area contributed by atoms with E-state index in [1.54, 1.807) is 32.3 Å². The lowest BCUT2D eigenvalue weighted by Gasteiger charge is -2.23. The van der Waals surface area contributed by atoms with E-state index in [9.17, 15) is 4.79 Å². The third-order valence-corrected chi connectivity index (χ3v) is 2.31. The maximum absolute atomic E-state index is 10.7. The van der Waals surface area contributed by atoms with Gasteiger partial charge in [0.15, 0.2) is 0 Å². The fourth-order valence-electron chi connectivity index (χ4n) is 0.986. The summed E-state index contributed by atoms with van der Waals surface area (Å²) in [6, 6.07) is 2.72. The summed E-state index contributed by atoms with van der Waals surface area (Å²) in [6.07, 6.45) is 1.58. The first kappa shape index (κ1) is 10.8. The number of hydrogen-bond acceptors (Lipinski definition) is 3. The van der Waals surface area contributed by atoms with Crippen molar-refractivity contribution in [1.82, 2.24) is 4.98 Å². The first-order chi connectivity index (χ1) is 6.54. The van der Waals surface area contributed by atoms with Gasteiger partial charge in [-0.25, -0.2) is 9.78 Å². The van der Waals surface area contributed by atoms with E-state index in [2.05, 4.69) is 4.98 Å². The molecule has 0 aliphatic carbocycles. The molecule has 1 aromatic heterocycles. The summed E-state index contributed by atoms with van der Waals surface area (Å²) in [5, 5.41) is 9.24. The first-order valence-corrected chi connectivity index (χ1v) is 4.48. The lowest BCUT2D eigenvalue weighted by atomic mass is 10.3. The molecule has 0 bridgehead atoms. The second-order valence-electron chi connectivity index (χ2n) is 2.93. The van der Waals surface area contributed by atoms with Crippen molar-refractivity contribution in [3.05, 3.63) is 23.4 Å². The Morgan fingerprint density at radius 3 is 2.86 bits per heavy atom. The predicted molar refractivity (Wildman–Crippen MR) is 54.7 cm³/mol. The van der Waals surface area contributed by atoms with E-state index in [1.807, 2.05) is 0 Å². The van der Waals surface area contributed by atoms with Crippen LogP contribution in [0.25, 0.3) is 0 Å². The van der Waals surface area contributed by atoms with Crippen LogP contribution in [0.4, 0.5) is 5.82 Å². The number of carboxylic acid groups (broad SMARTS) is 1. The fourth-order valence-corrected chi connectivity index (χ4v) is 1.24. The largest absolute Gasteiger partial charge is 0.480 e. The maximum Gasteiger partial charge on any atom is 0.326 e. The number of halogens is 1. The second kappa shape index (κ2) is 4.28. The minimum atomic E-state index is -0.908. The SMILES string of the molecule is CC(C(=O)O)N(C)c1ncccc1Cl. The second-order valence-corrected chi connectivity index (χ2v) is 3.34. The molecule has 0 aliphatic heterocycles. The van der Waals surface area contributed by atoms with Crippen LogP contribution in [0.5, 0.6) is 0 Å². The van der Waals surface area contributed by atoms with Crippen LogP contribution in [0.3, 0.4) is 0 Å². The third-order valence-electron chi connectivity index (χ3n) is 2.01. The van der Waals surface area contributed by atoms with Crippen molar-refractivity contribution >= 4 is 23.4 Å². The van der Waals surface area contributed by atoms with Gasteiger partial charge in [0.1, 0.15) is 11.9 Å². The molecule has 0 aromatic carbocycles. The number of anilines is 1. The van der Waals surface area contributed by atoms with E-state index in [4.69, 9.17) is 16.7 Å². The minimum Gasteiger partial charge on any atom is -0.480 e. The molecule has 4 nitrogen and oxygen atoms in total. The van der Waals surface area contributed by atoms with Crippen LogP contribution in [0.15, 0.2) is 18.3 Å². The monoisotopic (exact) mass is 214 g/mol. The van der Waals surface area contributed by atoms with Gasteiger partial charge in [0.2, 0.25) is 0 Å². The van der Waals surface area contributed by atoms with Crippen LogP contribution in [-0.4, -0.2) is 29.1 Å². The lowest BCUT2D eigenvalue weighted by Crippen LogP contribution is -2.36. The summed E-state index contributed by atoms with van der Waals surface area (Å²) in [4.78, 5) is 16.2. The van der Waals surface area contributed by atoms with Gasteiger partial charge in [-0.1, -0.05) is 11.6 Å². The van der Waals surface area contributed by atoms with Gasteiger partial charge in [0.25, 0.3) is 0 Å². The molecule has 1 aromatic rings. The molecule has 1 heterocycles. The topological polar surface area (TPSA) is 53.4 Å². The number of carboxylic acids is 1. The van der Waals surface area contributed by atoms with Crippen molar-refractivity contribution in [1.29, 1.82) is 0 Å². The molecule has 1 N–H and O–H groups in total. The van der Waals surface area contributed by atoms with Crippen molar-refractivity contribution in [2.24, 2.45) is 0 Å². The number of aromatic nitrogens is 1. The highest BCUT2D eigenvalue weighted by molar-refractivity contribution is 6.32. The number of carbonyl (C=O) groups is 1. The Balaban J connectivity index is 2.94. The highest BCUT2D eigenvalue weighted by atomic mass is 35.5. The molecule has 0 amide bonds. The molecule has 76 valence electrons. The molecular formula is C9H11ClN2O2. The number of pyridine rings is 1. The highest BCUT2D eigenvalue weighted by Gasteiger charge is 2.19. The van der Waals surface area contributed by atoms with Gasteiger partial charge in [0.05, 0.1) is 5.02 Å². The van der Waals surface area contributed by atoms with Gasteiger partial charge in [0, 0.05) is 13.2 Å². The molecule has 0 spiro atoms. The number of nitrogens with zero attached hydrogens (tertiary/aromatic N) is 2. The van der Waals surface area contributed by atoms with Crippen molar-refractivity contribution < 1.29 is 9.90 Å². The van der Waals surface area contributed by atoms with E-state index in [0.29, 0.717) is 10.8 Å². The molecular weight excluding hydrogens is 204 g/mol. The van der Waals surface area contributed by atoms with Crippen LogP contribution >= 0.6 is 11.6 Å². The molecule has 14 heavy (non-hydrogen) atoms. The molecule has 0 fully saturated rings. The highest BCUT2D eigenvalue weighted by Crippen LogP contribution is 2.22. The van der Waals surface area contributed by atoms with Gasteiger partial charge in [-0.05, 0) is 19.1 Å². The van der Waals surface area contributed by atoms with Crippen LogP contribution in [0, 0.1) is 0 Å². The Hall–Kier alpha value is -1.29. The van der Waals surface area contributed by atoms with Crippen LogP contribution < -0.4 is 4.90 Å². The summed E-state index contributed by atoms with van der Waals surface area (Å²) < 4.78 is 0. The van der Waals surface area contributed by atoms with Crippen molar-refractivity contribution in [2.75, 3.05) is 11.9 Å². The molecule has 1 rings (SSSR count). The fraction of sp³-hybridized carbons (Fsp3) is 0.333. The van der Waals surface area contributed by atoms with Crippen molar-refractivity contribution in [2.45, 2.75) is 13.0 Å². The zero-order valence-corrected chi connectivity index (χ0v) is 8.69. The number of aliphatic carboxylic acids is 1. The average molecular weight is 215 g/mol. The number of likely N-dealkylation sites (N-methyl/N-ethyl adjacent to an activating group) is 1. The smallest absolute Gasteiger partial charge is 0.326 e. The standard InChI is InChI=1S/C9H11ClN2O2/c1-6(9(13)14)12(2)8-7(10)4-3-5-11-8/h3-6H,1-2H3,(H,13,14). The maximum atomic E-state index is 10.7. The van der Waals surface area contributed by atoms with Gasteiger partial charge in [-0.3, -0.25) is 0 Å². The molecule has 0 saturated carbocycles. The average Bonchev–Trinajstić information content (AvgIpc) is 2.16. The molecule has 0 aliphatic rings. The molecule has 5 heteroatoms. The zero-order chi connectivity index (χ0) is 10.7. The van der Waals surface area contributed by atoms with Crippen LogP contribution in [0.1, 0.15) is 6.92 Å². The summed E-state index contributed by atoms with van der Waals surface area (Å²) in [5.74, 6) is -0.432. The van der Waals surface area contributed by atoms with Crippen molar-refractivity contribution in [3.63, 3.8) is 0 Å². The third kappa shape index (κ3) is 2.14. The Bertz CT molecular complexity index is 343. The predicted octanol–water partition coefficient (Wildman–Crippen LogP) is 1.64. The lowest BCUT2D eigenvalue weighted by molar-refractivity contribution is -0.138. The van der Waals surface area contributed by atoms with Gasteiger partial charge in [-0.2, -0.15) is 0 Å². The van der Waals surface area contributed by atoms with Gasteiger partial charge < -0.3 is 10.0 Å². The van der Waals surface area contributed by atoms with E-state index in [-0.39, 0.29) is 0 Å². The minimum absolute atomic E-state index is 0.447. The molecule has 0 saturated heterocycles. The summed E-state index contributed by atoms with van der Waals surface area (Å²) >= 11 is 5.87. The van der Waals surface area contributed by atoms with Gasteiger partial charge >= 0.3 is 5.97 Å². The van der Waals surface area contributed by atoms with Gasteiger partial charge in [-0.15, -0.1) is 0 Å². The summed E-state index contributed by atoms with van der Waals surface area (Å²) in [7, 11) is 1.65. The van der Waals surface area contributed by atoms with Crippen LogP contribution in [0.2, 0.25) is 5.02 Å². The van der Waals surface area contributed by atoms with Crippen LogP contribution in [-0.2, 0) is 4.79 Å². The number of hydrogen-bond donors (Lipinski definition) is 1. The summed E-state index contributed by atoms with van der Waals surface area (Å²) in [5.41, 5.74) is 0. The molecule has 0 radical (unpaired) electrons. The molecule has 1 atom stereocenters. The normalized spacial score (nSPS) is 12.2. The Morgan fingerprint density at radius 1 is 1.71 bits per heavy atom. The zero-order valence-electron chi connectivity index (χ0n) is 7.94. The quantitative estimate of drug-likeness (QED) is 0.831. The summed E-state index contributed by atoms with van der Waals surface area (Å²) in [6.45, 7) is 1.58. The van der Waals surface area contributed by atoms with E-state index < -0.39 is 12.0 Å². The number of rotatable bonds is 3. The van der Waals surface area contributed by atoms with E-state index >= 15 is 0 Å². The Morgan fingerprint density at radius 2 is 2.36 bits per heavy atom. The van der Waals surface area contributed by atoms with Crippen molar-refractivity contribution in [3.8, 4) is 0 Å².